The number of hydrogen-bond donors (Lipinski definition) is 1. The van der Waals surface area contributed by atoms with Crippen molar-refractivity contribution >= 4 is 17.1 Å². The van der Waals surface area contributed by atoms with E-state index >= 15 is 0 Å². The number of nitrogens with zero attached hydrogens (tertiary/aromatic N) is 3. The number of para-hydroxylation sites is 1. The van der Waals surface area contributed by atoms with E-state index < -0.39 is 0 Å². The maximum Gasteiger partial charge on any atom is 0.343 e. The van der Waals surface area contributed by atoms with Crippen molar-refractivity contribution in [1.82, 2.24) is 20.3 Å². The van der Waals surface area contributed by atoms with Gasteiger partial charge in [-0.25, -0.2) is 4.79 Å². The molecule has 0 unspecified atom stereocenters. The van der Waals surface area contributed by atoms with Gasteiger partial charge in [0.1, 0.15) is 5.52 Å². The summed E-state index contributed by atoms with van der Waals surface area (Å²) in [5.74, 6) is 0. The first-order valence-electron chi connectivity index (χ1n) is 3.85. The van der Waals surface area contributed by atoms with Crippen LogP contribution in [0.5, 0.6) is 0 Å². The van der Waals surface area contributed by atoms with E-state index in [9.17, 15) is 4.79 Å². The fraction of sp³-hybridized carbons (Fsp3) is 0.125. The number of carbonyl (C=O) groups excluding carboxylic acids is 1. The second-order valence-electron chi connectivity index (χ2n) is 2.55. The van der Waals surface area contributed by atoms with Gasteiger partial charge in [-0.15, -0.1) is 5.10 Å². The molecule has 0 aliphatic heterocycles. The molecule has 0 radical (unpaired) electrons. The van der Waals surface area contributed by atoms with E-state index in [-0.39, 0.29) is 6.03 Å². The highest BCUT2D eigenvalue weighted by molar-refractivity contribution is 5.87. The van der Waals surface area contributed by atoms with Gasteiger partial charge in [-0.3, -0.25) is 0 Å². The molecule has 0 saturated heterocycles. The van der Waals surface area contributed by atoms with Crippen LogP contribution in [0, 0.1) is 0 Å². The fourth-order valence-electron chi connectivity index (χ4n) is 1.12. The Balaban J connectivity index is 2.64. The zero-order chi connectivity index (χ0) is 9.26. The average Bonchev–Trinajstić information content (AvgIpc) is 2.60. The first kappa shape index (κ1) is 7.72. The summed E-state index contributed by atoms with van der Waals surface area (Å²) in [5.41, 5.74) is 1.42. The molecular formula is C8H8N4O. The molecule has 1 amide bonds. The first-order chi connectivity index (χ1) is 6.33. The highest BCUT2D eigenvalue weighted by Crippen LogP contribution is 2.08. The molecule has 2 rings (SSSR count). The molecule has 0 bridgehead atoms. The topological polar surface area (TPSA) is 59.8 Å². The maximum atomic E-state index is 11.2. The lowest BCUT2D eigenvalue weighted by Crippen LogP contribution is -2.25. The van der Waals surface area contributed by atoms with Gasteiger partial charge in [0.25, 0.3) is 0 Å². The second-order valence-corrected chi connectivity index (χ2v) is 2.55. The molecule has 1 aromatic carbocycles. The number of rotatable bonds is 0. The molecule has 1 aromatic heterocycles. The van der Waals surface area contributed by atoms with Gasteiger partial charge in [0.05, 0.1) is 5.52 Å². The number of nitrogens with one attached hydrogen (secondary N) is 1. The third kappa shape index (κ3) is 1.14. The van der Waals surface area contributed by atoms with Crippen molar-refractivity contribution in [3.63, 3.8) is 0 Å². The number of aromatic nitrogens is 3. The monoisotopic (exact) mass is 176 g/mol. The van der Waals surface area contributed by atoms with Gasteiger partial charge >= 0.3 is 6.03 Å². The smallest absolute Gasteiger partial charge is 0.339 e. The first-order valence-corrected chi connectivity index (χ1v) is 3.85. The lowest BCUT2D eigenvalue weighted by atomic mass is 10.3. The van der Waals surface area contributed by atoms with Crippen LogP contribution in [0.2, 0.25) is 0 Å². The Bertz CT molecular complexity index is 448. The normalized spacial score (nSPS) is 10.2. The van der Waals surface area contributed by atoms with Crippen molar-refractivity contribution in [3.8, 4) is 0 Å². The van der Waals surface area contributed by atoms with Crippen molar-refractivity contribution in [3.05, 3.63) is 24.3 Å². The quantitative estimate of drug-likeness (QED) is 0.640. The molecule has 66 valence electrons. The second kappa shape index (κ2) is 2.85. The fourth-order valence-corrected chi connectivity index (χ4v) is 1.12. The van der Waals surface area contributed by atoms with Gasteiger partial charge in [0, 0.05) is 7.05 Å². The van der Waals surface area contributed by atoms with Crippen LogP contribution < -0.4 is 5.32 Å². The number of hydrogen-bond acceptors (Lipinski definition) is 3. The molecule has 0 aliphatic rings. The Labute approximate surface area is 74.3 Å². The van der Waals surface area contributed by atoms with Crippen molar-refractivity contribution in [2.24, 2.45) is 0 Å². The van der Waals surface area contributed by atoms with Crippen molar-refractivity contribution in [1.29, 1.82) is 0 Å². The van der Waals surface area contributed by atoms with E-state index in [4.69, 9.17) is 0 Å². The molecule has 2 aromatic rings. The summed E-state index contributed by atoms with van der Waals surface area (Å²) >= 11 is 0. The summed E-state index contributed by atoms with van der Waals surface area (Å²) in [7, 11) is 1.55. The minimum absolute atomic E-state index is 0.284. The summed E-state index contributed by atoms with van der Waals surface area (Å²) in [4.78, 5) is 11.2. The van der Waals surface area contributed by atoms with Crippen molar-refractivity contribution in [2.45, 2.75) is 0 Å². The molecule has 0 atom stereocenters. The predicted molar refractivity (Wildman–Crippen MR) is 47.4 cm³/mol. The standard InChI is InChI=1S/C8H8N4O/c1-9-8(13)12-7-5-3-2-4-6(7)10-11-12/h2-5H,1H3,(H,9,13). The Morgan fingerprint density at radius 3 is 3.00 bits per heavy atom. The molecule has 0 spiro atoms. The average molecular weight is 176 g/mol. The van der Waals surface area contributed by atoms with Crippen LogP contribution in [-0.4, -0.2) is 28.1 Å². The summed E-state index contributed by atoms with van der Waals surface area (Å²) in [5, 5.41) is 10.0. The molecule has 0 fully saturated rings. The molecule has 0 saturated carbocycles. The minimum Gasteiger partial charge on any atom is -0.339 e. The zero-order valence-electron chi connectivity index (χ0n) is 7.06. The molecule has 1 N–H and O–H groups in total. The van der Waals surface area contributed by atoms with E-state index in [0.717, 1.165) is 0 Å². The predicted octanol–water partition coefficient (Wildman–Crippen LogP) is 0.619. The van der Waals surface area contributed by atoms with Crippen LogP contribution in [-0.2, 0) is 0 Å². The van der Waals surface area contributed by atoms with E-state index in [1.807, 2.05) is 18.2 Å². The van der Waals surface area contributed by atoms with Gasteiger partial charge in [-0.2, -0.15) is 4.68 Å². The summed E-state index contributed by atoms with van der Waals surface area (Å²) in [6, 6.07) is 7.01. The van der Waals surface area contributed by atoms with Crippen LogP contribution in [0.25, 0.3) is 11.0 Å². The van der Waals surface area contributed by atoms with Gasteiger partial charge in [-0.1, -0.05) is 17.3 Å². The third-order valence-corrected chi connectivity index (χ3v) is 1.76. The maximum absolute atomic E-state index is 11.2. The van der Waals surface area contributed by atoms with Gasteiger partial charge in [-0.05, 0) is 12.1 Å². The van der Waals surface area contributed by atoms with Crippen molar-refractivity contribution in [2.75, 3.05) is 7.05 Å². The van der Waals surface area contributed by atoms with E-state index in [1.165, 1.54) is 4.68 Å². The Morgan fingerprint density at radius 1 is 1.46 bits per heavy atom. The zero-order valence-corrected chi connectivity index (χ0v) is 7.06. The van der Waals surface area contributed by atoms with Crippen LogP contribution in [0.3, 0.4) is 0 Å². The Hall–Kier alpha value is -1.91. The number of benzene rings is 1. The minimum atomic E-state index is -0.284. The highest BCUT2D eigenvalue weighted by Gasteiger charge is 2.08. The van der Waals surface area contributed by atoms with Gasteiger partial charge in [0.2, 0.25) is 0 Å². The van der Waals surface area contributed by atoms with E-state index in [2.05, 4.69) is 15.6 Å². The van der Waals surface area contributed by atoms with Crippen LogP contribution >= 0.6 is 0 Å². The molecule has 5 heteroatoms. The summed E-state index contributed by atoms with van der Waals surface area (Å²) in [6.07, 6.45) is 0. The molecule has 0 aliphatic carbocycles. The largest absolute Gasteiger partial charge is 0.343 e. The molecule has 5 nitrogen and oxygen atoms in total. The number of amides is 1. The Morgan fingerprint density at radius 2 is 2.23 bits per heavy atom. The highest BCUT2D eigenvalue weighted by atomic mass is 16.2. The number of carbonyl (C=O) groups is 1. The van der Waals surface area contributed by atoms with Gasteiger partial charge < -0.3 is 5.32 Å². The van der Waals surface area contributed by atoms with E-state index in [0.29, 0.717) is 11.0 Å². The Kier molecular flexibility index (Phi) is 1.70. The summed E-state index contributed by atoms with van der Waals surface area (Å²) in [6.45, 7) is 0. The molecule has 1 heterocycles. The van der Waals surface area contributed by atoms with Crippen LogP contribution in [0.1, 0.15) is 0 Å². The third-order valence-electron chi connectivity index (χ3n) is 1.76. The number of fused-ring (bicyclic) bond motifs is 1. The lowest BCUT2D eigenvalue weighted by molar-refractivity contribution is 0.242. The van der Waals surface area contributed by atoms with Crippen LogP contribution in [0.15, 0.2) is 24.3 Å². The van der Waals surface area contributed by atoms with E-state index in [1.54, 1.807) is 13.1 Å². The molecular weight excluding hydrogens is 168 g/mol. The SMILES string of the molecule is CNC(=O)n1nnc2ccccc21. The lowest BCUT2D eigenvalue weighted by Gasteiger charge is -1.97. The van der Waals surface area contributed by atoms with Crippen molar-refractivity contribution < 1.29 is 4.79 Å². The molecule has 13 heavy (non-hydrogen) atoms. The summed E-state index contributed by atoms with van der Waals surface area (Å²) < 4.78 is 1.23. The van der Waals surface area contributed by atoms with Gasteiger partial charge in [0.15, 0.2) is 0 Å². The van der Waals surface area contributed by atoms with Crippen LogP contribution in [0.4, 0.5) is 4.79 Å².